The van der Waals surface area contributed by atoms with Gasteiger partial charge in [-0.05, 0) is 37.5 Å². The number of anilines is 1. The van der Waals surface area contributed by atoms with Crippen LogP contribution in [0.4, 0.5) is 5.69 Å². The van der Waals surface area contributed by atoms with Crippen molar-refractivity contribution in [3.8, 4) is 11.1 Å². The van der Waals surface area contributed by atoms with Gasteiger partial charge < -0.3 is 20.6 Å². The zero-order valence-electron chi connectivity index (χ0n) is 19.1. The van der Waals surface area contributed by atoms with Crippen LogP contribution in [0.5, 0.6) is 0 Å². The molecule has 0 saturated heterocycles. The first kappa shape index (κ1) is 23.2. The molecule has 0 saturated carbocycles. The predicted octanol–water partition coefficient (Wildman–Crippen LogP) is 4.57. The van der Waals surface area contributed by atoms with Crippen molar-refractivity contribution in [3.05, 3.63) is 65.4 Å². The Kier molecular flexibility index (Phi) is 7.43. The highest BCUT2D eigenvalue weighted by atomic mass is 16.6. The molecule has 1 aliphatic rings. The fourth-order valence-corrected chi connectivity index (χ4v) is 3.67. The van der Waals surface area contributed by atoms with Crippen molar-refractivity contribution in [2.45, 2.75) is 39.2 Å². The number of hydrogen-bond donors (Lipinski definition) is 3. The molecule has 0 spiro atoms. The van der Waals surface area contributed by atoms with Crippen LogP contribution in [0.3, 0.4) is 0 Å². The maximum absolute atomic E-state index is 13.2. The molecular formula is C25H31N5O2. The summed E-state index contributed by atoms with van der Waals surface area (Å²) in [4.78, 5) is 18.4. The summed E-state index contributed by atoms with van der Waals surface area (Å²) in [5.74, 6) is -0.231. The summed E-state index contributed by atoms with van der Waals surface area (Å²) < 4.78 is 0. The van der Waals surface area contributed by atoms with Crippen LogP contribution in [-0.2, 0) is 9.63 Å². The lowest BCUT2D eigenvalue weighted by atomic mass is 9.92. The van der Waals surface area contributed by atoms with Gasteiger partial charge in [0.2, 0.25) is 0 Å². The summed E-state index contributed by atoms with van der Waals surface area (Å²) in [5, 5.41) is 16.6. The van der Waals surface area contributed by atoms with E-state index in [1.165, 1.54) is 6.21 Å². The molecule has 3 rings (SSSR count). The van der Waals surface area contributed by atoms with Gasteiger partial charge in [0.25, 0.3) is 5.91 Å². The number of para-hydroxylation sites is 1. The van der Waals surface area contributed by atoms with Gasteiger partial charge >= 0.3 is 0 Å². The molecule has 7 nitrogen and oxygen atoms in total. The van der Waals surface area contributed by atoms with Crippen molar-refractivity contribution in [1.29, 1.82) is 5.41 Å². The summed E-state index contributed by atoms with van der Waals surface area (Å²) in [5.41, 5.74) is 7.17. The van der Waals surface area contributed by atoms with Crippen molar-refractivity contribution in [2.24, 2.45) is 5.16 Å². The van der Waals surface area contributed by atoms with Gasteiger partial charge in [0.1, 0.15) is 12.1 Å². The van der Waals surface area contributed by atoms with Crippen LogP contribution in [0.2, 0.25) is 0 Å². The molecule has 7 heteroatoms. The van der Waals surface area contributed by atoms with Crippen LogP contribution in [0.25, 0.3) is 11.1 Å². The van der Waals surface area contributed by atoms with Crippen LogP contribution in [0.1, 0.15) is 39.2 Å². The SMILES string of the molecule is CCCCO/N=C/c1ccc(-c2ccccc2NC(=O)C2=C(C)N(C)NC2(C)C=N)cc1. The van der Waals surface area contributed by atoms with Crippen molar-refractivity contribution < 1.29 is 9.63 Å². The van der Waals surface area contributed by atoms with Gasteiger partial charge in [-0.15, -0.1) is 0 Å². The second kappa shape index (κ2) is 10.2. The van der Waals surface area contributed by atoms with E-state index in [4.69, 9.17) is 10.2 Å². The zero-order chi connectivity index (χ0) is 23.1. The Bertz CT molecular complexity index is 1030. The lowest BCUT2D eigenvalue weighted by molar-refractivity contribution is -0.113. The van der Waals surface area contributed by atoms with Crippen molar-refractivity contribution in [3.63, 3.8) is 0 Å². The molecule has 1 amide bonds. The van der Waals surface area contributed by atoms with Crippen molar-refractivity contribution in [1.82, 2.24) is 10.4 Å². The third-order valence-electron chi connectivity index (χ3n) is 5.56. The van der Waals surface area contributed by atoms with Crippen LogP contribution in [0, 0.1) is 5.41 Å². The second-order valence-corrected chi connectivity index (χ2v) is 8.02. The Morgan fingerprint density at radius 1 is 1.25 bits per heavy atom. The highest BCUT2D eigenvalue weighted by Gasteiger charge is 2.40. The zero-order valence-corrected chi connectivity index (χ0v) is 19.1. The number of amides is 1. The van der Waals surface area contributed by atoms with E-state index >= 15 is 0 Å². The number of carbonyl (C=O) groups is 1. The summed E-state index contributed by atoms with van der Waals surface area (Å²) >= 11 is 0. The Morgan fingerprint density at radius 2 is 1.97 bits per heavy atom. The van der Waals surface area contributed by atoms with E-state index < -0.39 is 5.54 Å². The minimum Gasteiger partial charge on any atom is -0.396 e. The lowest BCUT2D eigenvalue weighted by Gasteiger charge is -2.24. The molecule has 168 valence electrons. The highest BCUT2D eigenvalue weighted by molar-refractivity contribution is 6.10. The van der Waals surface area contributed by atoms with E-state index in [0.717, 1.165) is 35.2 Å². The molecule has 0 aromatic heterocycles. The molecule has 2 aromatic rings. The molecule has 1 aliphatic heterocycles. The summed E-state index contributed by atoms with van der Waals surface area (Å²) in [6.07, 6.45) is 5.02. The average Bonchev–Trinajstić information content (AvgIpc) is 3.03. The number of rotatable bonds is 9. The number of carbonyl (C=O) groups excluding carboxylic acids is 1. The van der Waals surface area contributed by atoms with Gasteiger partial charge in [-0.25, -0.2) is 5.43 Å². The van der Waals surface area contributed by atoms with Crippen molar-refractivity contribution in [2.75, 3.05) is 19.0 Å². The summed E-state index contributed by atoms with van der Waals surface area (Å²) in [7, 11) is 1.84. The summed E-state index contributed by atoms with van der Waals surface area (Å²) in [6.45, 7) is 6.42. The van der Waals surface area contributed by atoms with Crippen LogP contribution < -0.4 is 10.7 Å². The molecule has 0 aliphatic carbocycles. The van der Waals surface area contributed by atoms with Crippen LogP contribution in [-0.4, -0.2) is 42.5 Å². The average molecular weight is 434 g/mol. The van der Waals surface area contributed by atoms with E-state index in [9.17, 15) is 4.79 Å². The molecule has 3 N–H and O–H groups in total. The number of nitrogens with zero attached hydrogens (tertiary/aromatic N) is 2. The van der Waals surface area contributed by atoms with E-state index in [0.29, 0.717) is 17.9 Å². The van der Waals surface area contributed by atoms with E-state index in [1.807, 2.05) is 69.4 Å². The minimum atomic E-state index is -0.849. The normalized spacial score (nSPS) is 18.3. The van der Waals surface area contributed by atoms with Crippen LogP contribution >= 0.6 is 0 Å². The first-order chi connectivity index (χ1) is 15.4. The largest absolute Gasteiger partial charge is 0.396 e. The fourth-order valence-electron chi connectivity index (χ4n) is 3.67. The van der Waals surface area contributed by atoms with Gasteiger partial charge in [-0.3, -0.25) is 4.79 Å². The molecule has 0 bridgehead atoms. The molecule has 0 radical (unpaired) electrons. The monoisotopic (exact) mass is 433 g/mol. The number of unbranched alkanes of at least 4 members (excludes halogenated alkanes) is 1. The molecular weight excluding hydrogens is 402 g/mol. The molecule has 0 fully saturated rings. The Labute approximate surface area is 189 Å². The van der Waals surface area contributed by atoms with E-state index in [-0.39, 0.29) is 5.91 Å². The number of benzene rings is 2. The Morgan fingerprint density at radius 3 is 2.66 bits per heavy atom. The maximum Gasteiger partial charge on any atom is 0.255 e. The minimum absolute atomic E-state index is 0.231. The number of allylic oxidation sites excluding steroid dienone is 1. The van der Waals surface area contributed by atoms with E-state index in [2.05, 4.69) is 22.8 Å². The number of hydrazine groups is 1. The second-order valence-electron chi connectivity index (χ2n) is 8.02. The lowest BCUT2D eigenvalue weighted by Crippen LogP contribution is -2.47. The predicted molar refractivity (Wildman–Crippen MR) is 130 cm³/mol. The smallest absolute Gasteiger partial charge is 0.255 e. The number of hydrogen-bond acceptors (Lipinski definition) is 6. The third kappa shape index (κ3) is 5.06. The number of nitrogens with one attached hydrogen (secondary N) is 3. The molecule has 2 aromatic carbocycles. The third-order valence-corrected chi connectivity index (χ3v) is 5.56. The summed E-state index contributed by atoms with van der Waals surface area (Å²) in [6, 6.07) is 15.6. The fraction of sp³-hybridized carbons (Fsp3) is 0.320. The Hall–Kier alpha value is -3.45. The Balaban J connectivity index is 1.79. The van der Waals surface area contributed by atoms with Gasteiger partial charge in [0, 0.05) is 30.2 Å². The van der Waals surface area contributed by atoms with E-state index in [1.54, 1.807) is 11.2 Å². The molecule has 32 heavy (non-hydrogen) atoms. The van der Waals surface area contributed by atoms with Gasteiger partial charge in [-0.2, -0.15) is 0 Å². The highest BCUT2D eigenvalue weighted by Crippen LogP contribution is 2.31. The molecule has 1 unspecified atom stereocenters. The standard InChI is InChI=1S/C25H31N5O2/c1-5-6-15-32-27-16-19-11-13-20(14-12-19)21-9-7-8-10-22(21)28-24(31)23-18(2)30(4)29-25(23,3)17-26/h7-14,16-17,26,29H,5-6,15H2,1-4H3,(H,28,31)/b26-17?,27-16+. The van der Waals surface area contributed by atoms with Gasteiger partial charge in [0.05, 0.1) is 11.8 Å². The maximum atomic E-state index is 13.2. The van der Waals surface area contributed by atoms with Crippen molar-refractivity contribution >= 4 is 24.0 Å². The number of oxime groups is 1. The van der Waals surface area contributed by atoms with Crippen LogP contribution in [0.15, 0.2) is 65.0 Å². The molecule has 1 heterocycles. The first-order valence-electron chi connectivity index (χ1n) is 10.8. The van der Waals surface area contributed by atoms with Gasteiger partial charge in [-0.1, -0.05) is 61.0 Å². The topological polar surface area (TPSA) is 89.8 Å². The van der Waals surface area contributed by atoms with Gasteiger partial charge in [0.15, 0.2) is 0 Å². The molecule has 1 atom stereocenters. The first-order valence-corrected chi connectivity index (χ1v) is 10.8. The quantitative estimate of drug-likeness (QED) is 0.307.